The zero-order chi connectivity index (χ0) is 11.5. The number of rotatable bonds is 2. The standard InChI is InChI=1S/C11H17N3S2/c1-7-8(2)16-9(6-15-7)11-13-5-4-10(12-3)14-11/h4-5,7-9H,6H2,1-3H3,(H,12,13,14). The molecule has 2 heterocycles. The highest BCUT2D eigenvalue weighted by Gasteiger charge is 2.28. The van der Waals surface area contributed by atoms with Crippen molar-refractivity contribution in [3.63, 3.8) is 0 Å². The summed E-state index contributed by atoms with van der Waals surface area (Å²) in [6, 6.07) is 1.90. The van der Waals surface area contributed by atoms with E-state index in [9.17, 15) is 0 Å². The molecule has 0 bridgehead atoms. The monoisotopic (exact) mass is 255 g/mol. The first kappa shape index (κ1) is 12.0. The minimum Gasteiger partial charge on any atom is -0.373 e. The Kier molecular flexibility index (Phi) is 3.97. The lowest BCUT2D eigenvalue weighted by Gasteiger charge is -2.30. The average Bonchev–Trinajstić information content (AvgIpc) is 2.33. The SMILES string of the molecule is CNc1ccnc(C2CSC(C)C(C)S2)n1. The Morgan fingerprint density at radius 3 is 2.88 bits per heavy atom. The van der Waals surface area contributed by atoms with Crippen LogP contribution in [0.5, 0.6) is 0 Å². The molecule has 0 aliphatic carbocycles. The lowest BCUT2D eigenvalue weighted by Crippen LogP contribution is -2.23. The van der Waals surface area contributed by atoms with Crippen molar-refractivity contribution in [1.82, 2.24) is 9.97 Å². The molecule has 3 nitrogen and oxygen atoms in total. The summed E-state index contributed by atoms with van der Waals surface area (Å²) < 4.78 is 0. The second kappa shape index (κ2) is 5.27. The van der Waals surface area contributed by atoms with E-state index in [1.807, 2.05) is 42.8 Å². The number of nitrogens with one attached hydrogen (secondary N) is 1. The van der Waals surface area contributed by atoms with Crippen molar-refractivity contribution >= 4 is 29.3 Å². The van der Waals surface area contributed by atoms with Gasteiger partial charge < -0.3 is 5.32 Å². The Morgan fingerprint density at radius 2 is 2.19 bits per heavy atom. The van der Waals surface area contributed by atoms with E-state index in [1.54, 1.807) is 0 Å². The summed E-state index contributed by atoms with van der Waals surface area (Å²) in [6.07, 6.45) is 1.84. The van der Waals surface area contributed by atoms with Crippen LogP contribution in [0.4, 0.5) is 5.82 Å². The van der Waals surface area contributed by atoms with Crippen LogP contribution in [0.3, 0.4) is 0 Å². The smallest absolute Gasteiger partial charge is 0.144 e. The van der Waals surface area contributed by atoms with Gasteiger partial charge >= 0.3 is 0 Å². The van der Waals surface area contributed by atoms with Gasteiger partial charge in [-0.05, 0) is 6.07 Å². The van der Waals surface area contributed by atoms with E-state index in [2.05, 4.69) is 29.1 Å². The van der Waals surface area contributed by atoms with Crippen molar-refractivity contribution in [2.45, 2.75) is 29.6 Å². The van der Waals surface area contributed by atoms with E-state index in [0.717, 1.165) is 22.6 Å². The van der Waals surface area contributed by atoms with Crippen molar-refractivity contribution < 1.29 is 0 Å². The maximum Gasteiger partial charge on any atom is 0.144 e. The molecule has 1 aliphatic heterocycles. The Labute approximate surface area is 105 Å². The van der Waals surface area contributed by atoms with Crippen molar-refractivity contribution in [3.05, 3.63) is 18.1 Å². The molecule has 0 spiro atoms. The van der Waals surface area contributed by atoms with Gasteiger partial charge in [0.1, 0.15) is 11.6 Å². The maximum absolute atomic E-state index is 4.52. The molecule has 1 aromatic heterocycles. The summed E-state index contributed by atoms with van der Waals surface area (Å²) in [5, 5.41) is 4.90. The van der Waals surface area contributed by atoms with Crippen LogP contribution in [-0.2, 0) is 0 Å². The number of nitrogens with zero attached hydrogens (tertiary/aromatic N) is 2. The number of anilines is 1. The topological polar surface area (TPSA) is 37.8 Å². The second-order valence-electron chi connectivity index (χ2n) is 3.92. The molecule has 3 atom stereocenters. The molecule has 88 valence electrons. The van der Waals surface area contributed by atoms with Gasteiger partial charge in [0.05, 0.1) is 5.25 Å². The molecule has 0 aromatic carbocycles. The lowest BCUT2D eigenvalue weighted by atomic mass is 10.3. The summed E-state index contributed by atoms with van der Waals surface area (Å²) in [4.78, 5) is 8.90. The normalized spacial score (nSPS) is 30.1. The van der Waals surface area contributed by atoms with Gasteiger partial charge in [0.25, 0.3) is 0 Å². The van der Waals surface area contributed by atoms with Crippen LogP contribution in [0.2, 0.25) is 0 Å². The van der Waals surface area contributed by atoms with Crippen LogP contribution in [0.15, 0.2) is 12.3 Å². The van der Waals surface area contributed by atoms with Gasteiger partial charge in [0.2, 0.25) is 0 Å². The summed E-state index contributed by atoms with van der Waals surface area (Å²) in [7, 11) is 1.89. The van der Waals surface area contributed by atoms with E-state index < -0.39 is 0 Å². The van der Waals surface area contributed by atoms with Crippen LogP contribution in [0.25, 0.3) is 0 Å². The summed E-state index contributed by atoms with van der Waals surface area (Å²) in [6.45, 7) is 4.58. The number of hydrogen-bond acceptors (Lipinski definition) is 5. The Morgan fingerprint density at radius 1 is 1.38 bits per heavy atom. The third kappa shape index (κ3) is 2.63. The first-order chi connectivity index (χ1) is 7.70. The quantitative estimate of drug-likeness (QED) is 0.879. The molecule has 0 amide bonds. The highest BCUT2D eigenvalue weighted by atomic mass is 32.2. The second-order valence-corrected chi connectivity index (χ2v) is 6.91. The molecule has 1 aliphatic rings. The maximum atomic E-state index is 4.52. The van der Waals surface area contributed by atoms with Crippen LogP contribution in [0, 0.1) is 0 Å². The van der Waals surface area contributed by atoms with Crippen molar-refractivity contribution in [2.75, 3.05) is 18.1 Å². The molecule has 2 rings (SSSR count). The third-order valence-corrected chi connectivity index (χ3v) is 6.16. The van der Waals surface area contributed by atoms with E-state index in [0.29, 0.717) is 10.5 Å². The molecule has 1 N–H and O–H groups in total. The highest BCUT2D eigenvalue weighted by Crippen LogP contribution is 2.43. The fourth-order valence-corrected chi connectivity index (χ4v) is 4.44. The Bertz CT molecular complexity index is 359. The van der Waals surface area contributed by atoms with Crippen LogP contribution < -0.4 is 5.32 Å². The fourth-order valence-electron chi connectivity index (χ4n) is 1.59. The fraction of sp³-hybridized carbons (Fsp3) is 0.636. The van der Waals surface area contributed by atoms with Gasteiger partial charge in [0, 0.05) is 29.5 Å². The first-order valence-electron chi connectivity index (χ1n) is 5.48. The number of thioether (sulfide) groups is 2. The van der Waals surface area contributed by atoms with Crippen LogP contribution in [-0.4, -0.2) is 33.3 Å². The van der Waals surface area contributed by atoms with Gasteiger partial charge in [0.15, 0.2) is 0 Å². The highest BCUT2D eigenvalue weighted by molar-refractivity contribution is 8.07. The van der Waals surface area contributed by atoms with Gasteiger partial charge in [-0.3, -0.25) is 0 Å². The molecule has 0 radical (unpaired) electrons. The van der Waals surface area contributed by atoms with Gasteiger partial charge in [-0.2, -0.15) is 11.8 Å². The largest absolute Gasteiger partial charge is 0.373 e. The number of aromatic nitrogens is 2. The van der Waals surface area contributed by atoms with E-state index in [4.69, 9.17) is 0 Å². The Balaban J connectivity index is 2.12. The lowest BCUT2D eigenvalue weighted by molar-refractivity contribution is 0.860. The van der Waals surface area contributed by atoms with Gasteiger partial charge in [-0.1, -0.05) is 13.8 Å². The van der Waals surface area contributed by atoms with E-state index in [1.165, 1.54) is 0 Å². The van der Waals surface area contributed by atoms with Gasteiger partial charge in [-0.25, -0.2) is 9.97 Å². The molecule has 5 heteroatoms. The average molecular weight is 255 g/mol. The zero-order valence-electron chi connectivity index (χ0n) is 9.80. The zero-order valence-corrected chi connectivity index (χ0v) is 11.4. The van der Waals surface area contributed by atoms with Crippen LogP contribution >= 0.6 is 23.5 Å². The predicted octanol–water partition coefficient (Wildman–Crippen LogP) is 2.82. The molecular formula is C11H17N3S2. The molecule has 1 fully saturated rings. The molecule has 3 unspecified atom stereocenters. The summed E-state index contributed by atoms with van der Waals surface area (Å²) >= 11 is 4.01. The minimum atomic E-state index is 0.435. The third-order valence-electron chi connectivity index (χ3n) is 2.77. The van der Waals surface area contributed by atoms with Crippen molar-refractivity contribution in [2.24, 2.45) is 0 Å². The van der Waals surface area contributed by atoms with E-state index >= 15 is 0 Å². The molecule has 16 heavy (non-hydrogen) atoms. The first-order valence-corrected chi connectivity index (χ1v) is 7.47. The Hall–Kier alpha value is -0.420. The molecular weight excluding hydrogens is 238 g/mol. The van der Waals surface area contributed by atoms with Crippen molar-refractivity contribution in [1.29, 1.82) is 0 Å². The minimum absolute atomic E-state index is 0.435. The number of hydrogen-bond donors (Lipinski definition) is 1. The predicted molar refractivity (Wildman–Crippen MR) is 73.3 cm³/mol. The molecule has 1 saturated heterocycles. The molecule has 0 saturated carbocycles. The van der Waals surface area contributed by atoms with E-state index in [-0.39, 0.29) is 0 Å². The summed E-state index contributed by atoms with van der Waals surface area (Å²) in [5.74, 6) is 2.98. The van der Waals surface area contributed by atoms with Crippen LogP contribution in [0.1, 0.15) is 24.9 Å². The molecule has 1 aromatic rings. The summed E-state index contributed by atoms with van der Waals surface area (Å²) in [5.41, 5.74) is 0. The van der Waals surface area contributed by atoms with Gasteiger partial charge in [-0.15, -0.1) is 11.8 Å². The van der Waals surface area contributed by atoms with Crippen molar-refractivity contribution in [3.8, 4) is 0 Å².